The zero-order chi connectivity index (χ0) is 23.0. The molecule has 0 aromatic heterocycles. The van der Waals surface area contributed by atoms with Gasteiger partial charge in [-0.15, -0.1) is 0 Å². The molecular weight excluding hydrogens is 388 g/mol. The maximum absolute atomic E-state index is 13.3. The zero-order valence-electron chi connectivity index (χ0n) is 19.7. The highest BCUT2D eigenvalue weighted by Crippen LogP contribution is 2.21. The lowest BCUT2D eigenvalue weighted by Gasteiger charge is -2.31. The van der Waals surface area contributed by atoms with Crippen LogP contribution in [0.3, 0.4) is 0 Å². The molecule has 0 heterocycles. The van der Waals surface area contributed by atoms with Gasteiger partial charge in [0.25, 0.3) is 5.91 Å². The van der Waals surface area contributed by atoms with E-state index in [2.05, 4.69) is 19.2 Å². The van der Waals surface area contributed by atoms with Crippen molar-refractivity contribution in [2.24, 2.45) is 5.92 Å². The van der Waals surface area contributed by atoms with Gasteiger partial charge in [0, 0.05) is 13.1 Å². The Morgan fingerprint density at radius 3 is 2.42 bits per heavy atom. The summed E-state index contributed by atoms with van der Waals surface area (Å²) in [5, 5.41) is 2.98. The van der Waals surface area contributed by atoms with Crippen molar-refractivity contribution in [2.75, 3.05) is 13.2 Å². The lowest BCUT2D eigenvalue weighted by Crippen LogP contribution is -2.50. The van der Waals surface area contributed by atoms with E-state index in [0.29, 0.717) is 31.2 Å². The molecule has 2 aromatic rings. The van der Waals surface area contributed by atoms with E-state index in [9.17, 15) is 9.59 Å². The molecule has 5 heteroatoms. The fourth-order valence-electron chi connectivity index (χ4n) is 3.45. The Labute approximate surface area is 186 Å². The molecule has 0 unspecified atom stereocenters. The van der Waals surface area contributed by atoms with Crippen molar-refractivity contribution < 1.29 is 14.3 Å². The standard InChI is InChI=1S/C26H36N2O3/c1-7-23(26(30)27-15-18(2)3)28(16-22-12-8-10-19(4)14-22)25(29)17-31-24-13-9-11-20(5)21(24)6/h8-14,18,23H,7,15-17H2,1-6H3,(H,27,30)/t23-/m0/s1. The Balaban J connectivity index is 2.23. The topological polar surface area (TPSA) is 58.6 Å². The highest BCUT2D eigenvalue weighted by Gasteiger charge is 2.29. The van der Waals surface area contributed by atoms with Crippen molar-refractivity contribution in [1.29, 1.82) is 0 Å². The SMILES string of the molecule is CC[C@@H](C(=O)NCC(C)C)N(Cc1cccc(C)c1)C(=O)COc1cccc(C)c1C. The minimum absolute atomic E-state index is 0.107. The summed E-state index contributed by atoms with van der Waals surface area (Å²) in [6, 6.07) is 13.3. The van der Waals surface area contributed by atoms with Gasteiger partial charge < -0.3 is 15.0 Å². The minimum Gasteiger partial charge on any atom is -0.483 e. The first-order valence-electron chi connectivity index (χ1n) is 11.0. The molecule has 1 atom stereocenters. The molecule has 0 bridgehead atoms. The number of aryl methyl sites for hydroxylation is 2. The number of hydrogen-bond donors (Lipinski definition) is 1. The van der Waals surface area contributed by atoms with Gasteiger partial charge in [-0.05, 0) is 55.9 Å². The third kappa shape index (κ3) is 7.12. The number of rotatable bonds is 10. The average molecular weight is 425 g/mol. The monoisotopic (exact) mass is 424 g/mol. The van der Waals surface area contributed by atoms with E-state index in [4.69, 9.17) is 4.74 Å². The van der Waals surface area contributed by atoms with E-state index in [0.717, 1.165) is 22.3 Å². The van der Waals surface area contributed by atoms with Crippen LogP contribution < -0.4 is 10.1 Å². The highest BCUT2D eigenvalue weighted by atomic mass is 16.5. The summed E-state index contributed by atoms with van der Waals surface area (Å²) in [4.78, 5) is 27.8. The van der Waals surface area contributed by atoms with Crippen molar-refractivity contribution in [3.8, 4) is 5.75 Å². The largest absolute Gasteiger partial charge is 0.483 e. The summed E-state index contributed by atoms with van der Waals surface area (Å²) in [5.74, 6) is 0.717. The average Bonchev–Trinajstić information content (AvgIpc) is 2.73. The number of carbonyl (C=O) groups is 2. The second-order valence-corrected chi connectivity index (χ2v) is 8.56. The molecule has 5 nitrogen and oxygen atoms in total. The minimum atomic E-state index is -0.547. The van der Waals surface area contributed by atoms with Gasteiger partial charge in [0.15, 0.2) is 6.61 Å². The van der Waals surface area contributed by atoms with Gasteiger partial charge in [0.05, 0.1) is 0 Å². The van der Waals surface area contributed by atoms with Crippen molar-refractivity contribution in [3.05, 3.63) is 64.7 Å². The Morgan fingerprint density at radius 1 is 1.06 bits per heavy atom. The molecule has 0 saturated heterocycles. The van der Waals surface area contributed by atoms with Crippen LogP contribution in [0.25, 0.3) is 0 Å². The van der Waals surface area contributed by atoms with Crippen LogP contribution in [-0.4, -0.2) is 35.9 Å². The molecule has 2 amide bonds. The number of nitrogens with one attached hydrogen (secondary N) is 1. The van der Waals surface area contributed by atoms with E-state index >= 15 is 0 Å². The third-order valence-electron chi connectivity index (χ3n) is 5.41. The predicted molar refractivity (Wildman–Crippen MR) is 125 cm³/mol. The summed E-state index contributed by atoms with van der Waals surface area (Å²) < 4.78 is 5.87. The van der Waals surface area contributed by atoms with Crippen LogP contribution in [0.15, 0.2) is 42.5 Å². The van der Waals surface area contributed by atoms with Crippen LogP contribution in [0.2, 0.25) is 0 Å². The van der Waals surface area contributed by atoms with E-state index in [1.165, 1.54) is 0 Å². The molecule has 0 radical (unpaired) electrons. The van der Waals surface area contributed by atoms with Crippen LogP contribution in [0, 0.1) is 26.7 Å². The number of nitrogens with zero attached hydrogens (tertiary/aromatic N) is 1. The van der Waals surface area contributed by atoms with Crippen molar-refractivity contribution >= 4 is 11.8 Å². The first kappa shape index (κ1) is 24.4. The highest BCUT2D eigenvalue weighted by molar-refractivity contribution is 5.88. The molecule has 0 aliphatic rings. The molecule has 0 aliphatic carbocycles. The van der Waals surface area contributed by atoms with Gasteiger partial charge in [-0.1, -0.05) is 62.7 Å². The molecule has 1 N–H and O–H groups in total. The molecule has 0 saturated carbocycles. The molecule has 2 rings (SSSR count). The number of carbonyl (C=O) groups excluding carboxylic acids is 2. The summed E-state index contributed by atoms with van der Waals surface area (Å²) in [6.45, 7) is 12.9. The Kier molecular flexibility index (Phi) is 9.10. The molecule has 31 heavy (non-hydrogen) atoms. The van der Waals surface area contributed by atoms with Crippen molar-refractivity contribution in [3.63, 3.8) is 0 Å². The Morgan fingerprint density at radius 2 is 1.77 bits per heavy atom. The van der Waals surface area contributed by atoms with Crippen LogP contribution in [-0.2, 0) is 16.1 Å². The summed E-state index contributed by atoms with van der Waals surface area (Å²) in [5.41, 5.74) is 4.24. The first-order valence-corrected chi connectivity index (χ1v) is 11.0. The molecule has 2 aromatic carbocycles. The Bertz CT molecular complexity index is 892. The second-order valence-electron chi connectivity index (χ2n) is 8.56. The maximum atomic E-state index is 13.3. The van der Waals surface area contributed by atoms with E-state index < -0.39 is 6.04 Å². The lowest BCUT2D eigenvalue weighted by molar-refractivity contribution is -0.143. The van der Waals surface area contributed by atoms with Crippen LogP contribution in [0.1, 0.15) is 49.4 Å². The van der Waals surface area contributed by atoms with E-state index in [-0.39, 0.29) is 18.4 Å². The van der Waals surface area contributed by atoms with Gasteiger partial charge in [0.2, 0.25) is 5.91 Å². The third-order valence-corrected chi connectivity index (χ3v) is 5.41. The van der Waals surface area contributed by atoms with E-state index in [1.54, 1.807) is 4.90 Å². The summed E-state index contributed by atoms with van der Waals surface area (Å²) >= 11 is 0. The van der Waals surface area contributed by atoms with Crippen molar-refractivity contribution in [1.82, 2.24) is 10.2 Å². The van der Waals surface area contributed by atoms with E-state index in [1.807, 2.05) is 70.2 Å². The lowest BCUT2D eigenvalue weighted by atomic mass is 10.1. The van der Waals surface area contributed by atoms with Gasteiger partial charge in [-0.3, -0.25) is 9.59 Å². The first-order chi connectivity index (χ1) is 14.7. The van der Waals surface area contributed by atoms with Crippen LogP contribution in [0.5, 0.6) is 5.75 Å². The fraction of sp³-hybridized carbons (Fsp3) is 0.462. The molecular formula is C26H36N2O3. The molecule has 0 spiro atoms. The number of hydrogen-bond acceptors (Lipinski definition) is 3. The number of ether oxygens (including phenoxy) is 1. The van der Waals surface area contributed by atoms with Gasteiger partial charge in [-0.2, -0.15) is 0 Å². The second kappa shape index (κ2) is 11.5. The Hall–Kier alpha value is -2.82. The summed E-state index contributed by atoms with van der Waals surface area (Å²) in [6.07, 6.45) is 0.533. The molecule has 168 valence electrons. The normalized spacial score (nSPS) is 11.8. The zero-order valence-corrected chi connectivity index (χ0v) is 19.7. The fourth-order valence-corrected chi connectivity index (χ4v) is 3.45. The smallest absolute Gasteiger partial charge is 0.261 e. The van der Waals surface area contributed by atoms with Gasteiger partial charge >= 0.3 is 0 Å². The van der Waals surface area contributed by atoms with Crippen molar-refractivity contribution in [2.45, 2.75) is 60.5 Å². The number of benzene rings is 2. The van der Waals surface area contributed by atoms with Crippen LogP contribution >= 0.6 is 0 Å². The molecule has 0 fully saturated rings. The van der Waals surface area contributed by atoms with Gasteiger partial charge in [0.1, 0.15) is 11.8 Å². The number of amides is 2. The quantitative estimate of drug-likeness (QED) is 0.608. The molecule has 0 aliphatic heterocycles. The maximum Gasteiger partial charge on any atom is 0.261 e. The summed E-state index contributed by atoms with van der Waals surface area (Å²) in [7, 11) is 0. The van der Waals surface area contributed by atoms with Gasteiger partial charge in [-0.25, -0.2) is 0 Å². The predicted octanol–water partition coefficient (Wildman–Crippen LogP) is 4.57. The van der Waals surface area contributed by atoms with Crippen LogP contribution in [0.4, 0.5) is 0 Å².